The lowest BCUT2D eigenvalue weighted by molar-refractivity contribution is -0.121. The Morgan fingerprint density at radius 1 is 1.16 bits per heavy atom. The third kappa shape index (κ3) is 6.10. The van der Waals surface area contributed by atoms with Crippen molar-refractivity contribution >= 4 is 21.6 Å². The fourth-order valence-corrected chi connectivity index (χ4v) is 3.96. The predicted molar refractivity (Wildman–Crippen MR) is 114 cm³/mol. The average Bonchev–Trinajstić information content (AvgIpc) is 3.20. The van der Waals surface area contributed by atoms with Gasteiger partial charge >= 0.3 is 0 Å². The zero-order chi connectivity index (χ0) is 23.3. The normalized spacial score (nSPS) is 11.4. The van der Waals surface area contributed by atoms with Gasteiger partial charge in [0.15, 0.2) is 11.6 Å². The van der Waals surface area contributed by atoms with Crippen LogP contribution in [0.3, 0.4) is 0 Å². The van der Waals surface area contributed by atoms with Gasteiger partial charge in [0, 0.05) is 24.6 Å². The van der Waals surface area contributed by atoms with Gasteiger partial charge in [-0.3, -0.25) is 9.10 Å². The molecule has 0 radical (unpaired) electrons. The number of hydrogen-bond donors (Lipinski definition) is 1. The number of hydrogen-bond acceptors (Lipinski definition) is 6. The zero-order valence-electron chi connectivity index (χ0n) is 17.5. The summed E-state index contributed by atoms with van der Waals surface area (Å²) < 4.78 is 56.8. The topological polar surface area (TPSA) is 105 Å². The third-order valence-corrected chi connectivity index (χ3v) is 5.73. The van der Waals surface area contributed by atoms with Crippen molar-refractivity contribution in [1.82, 2.24) is 15.5 Å². The molecule has 2 aromatic carbocycles. The van der Waals surface area contributed by atoms with Gasteiger partial charge in [-0.25, -0.2) is 17.2 Å². The second-order valence-electron chi connectivity index (χ2n) is 7.20. The summed E-state index contributed by atoms with van der Waals surface area (Å²) in [6.07, 6.45) is 1.13. The number of aromatic nitrogens is 2. The molecule has 0 bridgehead atoms. The van der Waals surface area contributed by atoms with E-state index in [1.807, 2.05) is 31.2 Å². The van der Waals surface area contributed by atoms with Crippen LogP contribution in [0.2, 0.25) is 0 Å². The summed E-state index contributed by atoms with van der Waals surface area (Å²) in [6.45, 7) is 1.90. The molecule has 11 heteroatoms. The summed E-state index contributed by atoms with van der Waals surface area (Å²) in [4.78, 5) is 16.4. The van der Waals surface area contributed by atoms with Gasteiger partial charge in [0.05, 0.1) is 18.5 Å². The second-order valence-corrected chi connectivity index (χ2v) is 9.10. The maximum absolute atomic E-state index is 13.5. The highest BCUT2D eigenvalue weighted by molar-refractivity contribution is 7.92. The largest absolute Gasteiger partial charge is 0.347 e. The quantitative estimate of drug-likeness (QED) is 0.521. The zero-order valence-corrected chi connectivity index (χ0v) is 18.3. The number of aryl methyl sites for hydroxylation is 1. The average molecular weight is 464 g/mol. The lowest BCUT2D eigenvalue weighted by atomic mass is 10.1. The maximum Gasteiger partial charge on any atom is 0.246 e. The first-order valence-electron chi connectivity index (χ1n) is 9.72. The van der Waals surface area contributed by atoms with Crippen molar-refractivity contribution in [3.63, 3.8) is 0 Å². The van der Waals surface area contributed by atoms with Gasteiger partial charge in [-0.05, 0) is 31.5 Å². The Bertz CT molecular complexity index is 1210. The van der Waals surface area contributed by atoms with Gasteiger partial charge in [-0.2, -0.15) is 4.98 Å². The van der Waals surface area contributed by atoms with E-state index in [0.717, 1.165) is 33.8 Å². The van der Waals surface area contributed by atoms with Crippen molar-refractivity contribution in [1.29, 1.82) is 0 Å². The number of sulfonamides is 1. The van der Waals surface area contributed by atoms with Crippen LogP contribution in [0.1, 0.15) is 24.3 Å². The van der Waals surface area contributed by atoms with E-state index in [1.165, 1.54) is 6.07 Å². The molecule has 0 saturated heterocycles. The standard InChI is InChI=1S/C21H22F2N4O4S/c1-14-5-3-6-15(11-14)21-25-20(31-26-21)13-24-19(28)7-4-10-27(32(2,29)30)16-8-9-17(22)18(23)12-16/h3,5-6,8-9,11-12H,4,7,10,13H2,1-2H3,(H,24,28). The number of nitrogens with zero attached hydrogens (tertiary/aromatic N) is 3. The Labute approximate surface area is 184 Å². The van der Waals surface area contributed by atoms with Crippen molar-refractivity contribution in [3.05, 3.63) is 65.6 Å². The lowest BCUT2D eigenvalue weighted by Gasteiger charge is -2.22. The fourth-order valence-electron chi connectivity index (χ4n) is 3.00. The van der Waals surface area contributed by atoms with E-state index in [1.54, 1.807) is 0 Å². The highest BCUT2D eigenvalue weighted by atomic mass is 32.2. The lowest BCUT2D eigenvalue weighted by Crippen LogP contribution is -2.32. The number of carbonyl (C=O) groups is 1. The van der Waals surface area contributed by atoms with Crippen LogP contribution in [0.5, 0.6) is 0 Å². The van der Waals surface area contributed by atoms with Crippen LogP contribution >= 0.6 is 0 Å². The number of nitrogens with one attached hydrogen (secondary N) is 1. The highest BCUT2D eigenvalue weighted by Gasteiger charge is 2.19. The summed E-state index contributed by atoms with van der Waals surface area (Å²) in [7, 11) is -3.75. The molecule has 0 fully saturated rings. The van der Waals surface area contributed by atoms with Crippen molar-refractivity contribution < 1.29 is 26.5 Å². The third-order valence-electron chi connectivity index (χ3n) is 4.54. The van der Waals surface area contributed by atoms with Crippen LogP contribution in [0.4, 0.5) is 14.5 Å². The molecule has 0 aliphatic carbocycles. The molecule has 0 unspecified atom stereocenters. The Morgan fingerprint density at radius 3 is 2.62 bits per heavy atom. The van der Waals surface area contributed by atoms with Crippen LogP contribution in [0.25, 0.3) is 11.4 Å². The Morgan fingerprint density at radius 2 is 1.94 bits per heavy atom. The molecule has 3 rings (SSSR count). The van der Waals surface area contributed by atoms with Crippen LogP contribution in [0.15, 0.2) is 47.0 Å². The smallest absolute Gasteiger partial charge is 0.246 e. The van der Waals surface area contributed by atoms with Crippen molar-refractivity contribution in [3.8, 4) is 11.4 Å². The van der Waals surface area contributed by atoms with Crippen LogP contribution in [-0.4, -0.2) is 37.3 Å². The molecule has 3 aromatic rings. The van der Waals surface area contributed by atoms with Crippen LogP contribution in [0, 0.1) is 18.6 Å². The molecule has 1 amide bonds. The number of rotatable bonds is 9. The van der Waals surface area contributed by atoms with Gasteiger partial charge in [0.2, 0.25) is 27.6 Å². The highest BCUT2D eigenvalue weighted by Crippen LogP contribution is 2.21. The number of amides is 1. The van der Waals surface area contributed by atoms with E-state index >= 15 is 0 Å². The summed E-state index contributed by atoms with van der Waals surface area (Å²) in [5.74, 6) is -1.94. The first-order chi connectivity index (χ1) is 15.1. The predicted octanol–water partition coefficient (Wildman–Crippen LogP) is 3.19. The maximum atomic E-state index is 13.5. The molecule has 170 valence electrons. The van der Waals surface area contributed by atoms with E-state index in [9.17, 15) is 22.0 Å². The SMILES string of the molecule is Cc1cccc(-c2noc(CNC(=O)CCCN(c3ccc(F)c(F)c3)S(C)(=O)=O)n2)c1. The Kier molecular flexibility index (Phi) is 7.18. The van der Waals surface area contributed by atoms with Gasteiger partial charge in [-0.1, -0.05) is 28.9 Å². The minimum absolute atomic E-state index is 0.00850. The fraction of sp³-hybridized carbons (Fsp3) is 0.286. The summed E-state index contributed by atoms with van der Waals surface area (Å²) in [5.41, 5.74) is 1.83. The molecule has 0 spiro atoms. The molecule has 1 N–H and O–H groups in total. The number of carbonyl (C=O) groups excluding carboxylic acids is 1. The first-order valence-corrected chi connectivity index (χ1v) is 11.6. The summed E-state index contributed by atoms with van der Waals surface area (Å²) in [5, 5.41) is 6.53. The monoisotopic (exact) mass is 464 g/mol. The van der Waals surface area contributed by atoms with Gasteiger partial charge in [-0.15, -0.1) is 0 Å². The molecule has 1 heterocycles. The molecule has 1 aromatic heterocycles. The summed E-state index contributed by atoms with van der Waals surface area (Å²) >= 11 is 0. The molecule has 8 nitrogen and oxygen atoms in total. The van der Waals surface area contributed by atoms with Crippen molar-refractivity contribution in [2.45, 2.75) is 26.3 Å². The van der Waals surface area contributed by atoms with Crippen molar-refractivity contribution in [2.75, 3.05) is 17.1 Å². The number of anilines is 1. The minimum atomic E-state index is -3.75. The van der Waals surface area contributed by atoms with Crippen molar-refractivity contribution in [2.24, 2.45) is 0 Å². The molecular weight excluding hydrogens is 442 g/mol. The first kappa shape index (κ1) is 23.3. The molecule has 0 atom stereocenters. The van der Waals surface area contributed by atoms with Gasteiger partial charge in [0.25, 0.3) is 0 Å². The molecule has 0 aliphatic rings. The van der Waals surface area contributed by atoms with Crippen LogP contribution in [-0.2, 0) is 21.4 Å². The Balaban J connectivity index is 1.52. The number of halogens is 2. The van der Waals surface area contributed by atoms with Gasteiger partial charge < -0.3 is 9.84 Å². The summed E-state index contributed by atoms with van der Waals surface area (Å²) in [6, 6.07) is 10.4. The number of benzene rings is 2. The van der Waals surface area contributed by atoms with Crippen LogP contribution < -0.4 is 9.62 Å². The molecule has 32 heavy (non-hydrogen) atoms. The molecule has 0 aliphatic heterocycles. The minimum Gasteiger partial charge on any atom is -0.347 e. The van der Waals surface area contributed by atoms with E-state index in [4.69, 9.17) is 4.52 Å². The van der Waals surface area contributed by atoms with E-state index in [-0.39, 0.29) is 43.4 Å². The van der Waals surface area contributed by atoms with Gasteiger partial charge in [0.1, 0.15) is 0 Å². The second kappa shape index (κ2) is 9.86. The molecular formula is C21H22F2N4O4S. The molecule has 0 saturated carbocycles. The Hall–Kier alpha value is -3.34. The van der Waals surface area contributed by atoms with E-state index in [0.29, 0.717) is 5.82 Å². The van der Waals surface area contributed by atoms with E-state index in [2.05, 4.69) is 15.5 Å². The van der Waals surface area contributed by atoms with E-state index < -0.39 is 21.7 Å².